The molecular weight excluding hydrogens is 594 g/mol. The molecule has 4 rings (SSSR count). The van der Waals surface area contributed by atoms with E-state index in [1.54, 1.807) is 18.2 Å². The molecule has 1 aliphatic rings. The molecule has 0 saturated heterocycles. The number of ether oxygens (including phenoxy) is 1. The van der Waals surface area contributed by atoms with Crippen LogP contribution in [0.1, 0.15) is 50.5 Å². The number of fused-ring (bicyclic) bond motifs is 1. The monoisotopic (exact) mass is 639 g/mol. The maximum Gasteiger partial charge on any atom is 0.309 e. The highest BCUT2D eigenvalue weighted by Gasteiger charge is 2.36. The van der Waals surface area contributed by atoms with Crippen molar-refractivity contribution in [3.8, 4) is 0 Å². The summed E-state index contributed by atoms with van der Waals surface area (Å²) < 4.78 is 5.67. The van der Waals surface area contributed by atoms with Crippen molar-refractivity contribution in [2.24, 2.45) is 11.8 Å². The normalized spacial score (nSPS) is 15.5. The Morgan fingerprint density at radius 1 is 0.851 bits per heavy atom. The van der Waals surface area contributed by atoms with Gasteiger partial charge in [0.25, 0.3) is 5.91 Å². The number of anilines is 1. The van der Waals surface area contributed by atoms with E-state index in [4.69, 9.17) is 4.74 Å². The van der Waals surface area contributed by atoms with Gasteiger partial charge in [-0.3, -0.25) is 19.2 Å². The van der Waals surface area contributed by atoms with Crippen molar-refractivity contribution in [1.82, 2.24) is 10.6 Å². The van der Waals surface area contributed by atoms with Crippen LogP contribution in [-0.2, 0) is 30.3 Å². The van der Waals surface area contributed by atoms with E-state index in [9.17, 15) is 24.3 Å². The summed E-state index contributed by atoms with van der Waals surface area (Å²) in [7, 11) is 0. The van der Waals surface area contributed by atoms with E-state index in [1.807, 2.05) is 66.7 Å². The van der Waals surface area contributed by atoms with Crippen LogP contribution in [-0.4, -0.2) is 53.6 Å². The molecular formula is C38H45N3O6. The summed E-state index contributed by atoms with van der Waals surface area (Å²) in [5, 5.41) is 20.4. The third-order valence-electron chi connectivity index (χ3n) is 8.67. The molecule has 0 unspecified atom stereocenters. The van der Waals surface area contributed by atoms with Crippen molar-refractivity contribution in [3.63, 3.8) is 0 Å². The van der Waals surface area contributed by atoms with E-state index < -0.39 is 47.8 Å². The second-order valence-corrected chi connectivity index (χ2v) is 12.3. The molecule has 0 bridgehead atoms. The standard InChI is InChI=1S/C38H45N3O6/c1-3-12-30(24-34(43)41-38(26-42)20-10-11-21-38)35(44)40-33(36(45)39-32-19-18-28-16-8-9-17-29(28)23-32)25-47-37(46)31(13-4-2)22-27-14-6-5-7-15-27/h3-9,14-19,23,30-31,33,42H,1-2,10-13,20-22,24-26H2,(H,39,45)(H,40,44)(H,41,43)/t30-,31+,33-/m0/s1. The number of hydrogen-bond donors (Lipinski definition) is 4. The zero-order valence-corrected chi connectivity index (χ0v) is 26.8. The Bertz CT molecular complexity index is 1550. The van der Waals surface area contributed by atoms with Gasteiger partial charge in [0, 0.05) is 12.1 Å². The Hall–Kier alpha value is -4.76. The zero-order chi connectivity index (χ0) is 33.6. The second kappa shape index (κ2) is 17.2. The molecule has 0 heterocycles. The highest BCUT2D eigenvalue weighted by Crippen LogP contribution is 2.29. The van der Waals surface area contributed by atoms with Gasteiger partial charge < -0.3 is 25.8 Å². The van der Waals surface area contributed by atoms with Crippen LogP contribution >= 0.6 is 0 Å². The molecule has 0 spiro atoms. The first-order valence-corrected chi connectivity index (χ1v) is 16.2. The minimum atomic E-state index is -1.24. The third-order valence-corrected chi connectivity index (χ3v) is 8.67. The Morgan fingerprint density at radius 2 is 1.51 bits per heavy atom. The van der Waals surface area contributed by atoms with Crippen LogP contribution in [0.3, 0.4) is 0 Å². The number of carbonyl (C=O) groups excluding carboxylic acids is 4. The number of carbonyl (C=O) groups is 4. The first kappa shape index (κ1) is 35.1. The lowest BCUT2D eigenvalue weighted by atomic mass is 9.95. The summed E-state index contributed by atoms with van der Waals surface area (Å²) in [4.78, 5) is 53.5. The fraction of sp³-hybridized carbons (Fsp3) is 0.368. The Balaban J connectivity index is 1.49. The fourth-order valence-corrected chi connectivity index (χ4v) is 6.04. The van der Waals surface area contributed by atoms with Crippen LogP contribution in [0.15, 0.2) is 98.1 Å². The van der Waals surface area contributed by atoms with Gasteiger partial charge in [0.05, 0.1) is 24.0 Å². The average Bonchev–Trinajstić information content (AvgIpc) is 3.55. The lowest BCUT2D eigenvalue weighted by molar-refractivity contribution is -0.150. The molecule has 1 saturated carbocycles. The van der Waals surface area contributed by atoms with Gasteiger partial charge in [-0.2, -0.15) is 0 Å². The first-order chi connectivity index (χ1) is 22.8. The molecule has 248 valence electrons. The van der Waals surface area contributed by atoms with Gasteiger partial charge in [-0.25, -0.2) is 0 Å². The summed E-state index contributed by atoms with van der Waals surface area (Å²) >= 11 is 0. The van der Waals surface area contributed by atoms with Crippen LogP contribution in [0.4, 0.5) is 5.69 Å². The van der Waals surface area contributed by atoms with E-state index in [-0.39, 0.29) is 25.4 Å². The molecule has 3 amide bonds. The van der Waals surface area contributed by atoms with E-state index >= 15 is 0 Å². The number of esters is 1. The number of rotatable bonds is 17. The summed E-state index contributed by atoms with van der Waals surface area (Å²) in [5.74, 6) is -3.36. The van der Waals surface area contributed by atoms with Crippen molar-refractivity contribution < 1.29 is 29.0 Å². The third kappa shape index (κ3) is 10.1. The highest BCUT2D eigenvalue weighted by molar-refractivity contribution is 5.99. The Labute approximate surface area is 276 Å². The minimum absolute atomic E-state index is 0.156. The van der Waals surface area contributed by atoms with Gasteiger partial charge in [0.1, 0.15) is 12.6 Å². The Kier molecular flexibility index (Phi) is 12.9. The van der Waals surface area contributed by atoms with Crippen molar-refractivity contribution >= 4 is 40.2 Å². The molecule has 3 aromatic carbocycles. The largest absolute Gasteiger partial charge is 0.463 e. The highest BCUT2D eigenvalue weighted by atomic mass is 16.5. The molecule has 47 heavy (non-hydrogen) atoms. The van der Waals surface area contributed by atoms with Crippen LogP contribution in [0, 0.1) is 11.8 Å². The van der Waals surface area contributed by atoms with E-state index in [2.05, 4.69) is 29.1 Å². The van der Waals surface area contributed by atoms with Crippen molar-refractivity contribution in [2.45, 2.75) is 62.9 Å². The molecule has 9 nitrogen and oxygen atoms in total. The predicted molar refractivity (Wildman–Crippen MR) is 183 cm³/mol. The molecule has 0 aliphatic heterocycles. The fourth-order valence-electron chi connectivity index (χ4n) is 6.04. The maximum atomic E-state index is 13.6. The van der Waals surface area contributed by atoms with Crippen LogP contribution in [0.25, 0.3) is 10.8 Å². The molecule has 1 aliphatic carbocycles. The molecule has 4 N–H and O–H groups in total. The SMILES string of the molecule is C=CC[C@@H](CC(=O)NC1(CO)CCCC1)C(=O)N[C@@H](COC(=O)[C@H](CC=C)Cc1ccccc1)C(=O)Nc1ccc2ccccc2c1. The Morgan fingerprint density at radius 3 is 2.19 bits per heavy atom. The number of nitrogens with one attached hydrogen (secondary N) is 3. The summed E-state index contributed by atoms with van der Waals surface area (Å²) in [6.07, 6.45) is 7.18. The van der Waals surface area contributed by atoms with Gasteiger partial charge in [-0.1, -0.05) is 85.7 Å². The van der Waals surface area contributed by atoms with Crippen LogP contribution in [0.2, 0.25) is 0 Å². The molecule has 3 atom stereocenters. The minimum Gasteiger partial charge on any atom is -0.463 e. The van der Waals surface area contributed by atoms with Crippen molar-refractivity contribution in [2.75, 3.05) is 18.5 Å². The summed E-state index contributed by atoms with van der Waals surface area (Å²) in [6.45, 7) is 6.94. The number of amides is 3. The number of hydrogen-bond acceptors (Lipinski definition) is 6. The molecule has 0 aromatic heterocycles. The van der Waals surface area contributed by atoms with Crippen LogP contribution < -0.4 is 16.0 Å². The van der Waals surface area contributed by atoms with E-state index in [0.29, 0.717) is 31.4 Å². The van der Waals surface area contributed by atoms with Gasteiger partial charge >= 0.3 is 5.97 Å². The van der Waals surface area contributed by atoms with Gasteiger partial charge in [0.15, 0.2) is 0 Å². The molecule has 0 radical (unpaired) electrons. The molecule has 3 aromatic rings. The van der Waals surface area contributed by atoms with Gasteiger partial charge in [0.2, 0.25) is 11.8 Å². The van der Waals surface area contributed by atoms with Crippen LogP contribution in [0.5, 0.6) is 0 Å². The number of aliphatic hydroxyl groups is 1. The maximum absolute atomic E-state index is 13.6. The van der Waals surface area contributed by atoms with E-state index in [0.717, 1.165) is 29.2 Å². The quantitative estimate of drug-likeness (QED) is 0.118. The topological polar surface area (TPSA) is 134 Å². The van der Waals surface area contributed by atoms with E-state index in [1.165, 1.54) is 0 Å². The number of benzene rings is 3. The average molecular weight is 640 g/mol. The number of aliphatic hydroxyl groups excluding tert-OH is 1. The smallest absolute Gasteiger partial charge is 0.309 e. The van der Waals surface area contributed by atoms with Crippen molar-refractivity contribution in [1.29, 1.82) is 0 Å². The zero-order valence-electron chi connectivity index (χ0n) is 26.8. The molecule has 9 heteroatoms. The number of allylic oxidation sites excluding steroid dienone is 2. The lowest BCUT2D eigenvalue weighted by Crippen LogP contribution is -2.52. The summed E-state index contributed by atoms with van der Waals surface area (Å²) in [5.41, 5.74) is 0.798. The molecule has 1 fully saturated rings. The second-order valence-electron chi connectivity index (χ2n) is 12.3. The lowest BCUT2D eigenvalue weighted by Gasteiger charge is -2.29. The summed E-state index contributed by atoms with van der Waals surface area (Å²) in [6, 6.07) is 21.5. The predicted octanol–water partition coefficient (Wildman–Crippen LogP) is 5.25. The van der Waals surface area contributed by atoms with Gasteiger partial charge in [-0.15, -0.1) is 13.2 Å². The first-order valence-electron chi connectivity index (χ1n) is 16.2. The van der Waals surface area contributed by atoms with Crippen molar-refractivity contribution in [3.05, 3.63) is 104 Å². The van der Waals surface area contributed by atoms with Gasteiger partial charge in [-0.05, 0) is 60.6 Å².